The van der Waals surface area contributed by atoms with Gasteiger partial charge in [-0.15, -0.1) is 0 Å². The zero-order chi connectivity index (χ0) is 10.6. The molecule has 14 heavy (non-hydrogen) atoms. The maximum absolute atomic E-state index is 8.84. The summed E-state index contributed by atoms with van der Waals surface area (Å²) >= 11 is 0. The molecule has 1 N–H and O–H groups in total. The molecule has 0 radical (unpaired) electrons. The van der Waals surface area contributed by atoms with Crippen LogP contribution in [-0.4, -0.2) is 21.1 Å². The molecule has 0 saturated heterocycles. The predicted octanol–water partition coefficient (Wildman–Crippen LogP) is 1.54. The van der Waals surface area contributed by atoms with E-state index < -0.39 is 0 Å². The van der Waals surface area contributed by atoms with Gasteiger partial charge >= 0.3 is 0 Å². The second-order valence-corrected chi connectivity index (χ2v) is 3.34. The maximum atomic E-state index is 8.84. The zero-order valence-electron chi connectivity index (χ0n) is 8.78. The highest BCUT2D eigenvalue weighted by Gasteiger charge is 2.06. The third-order valence-corrected chi connectivity index (χ3v) is 2.16. The fraction of sp³-hybridized carbons (Fsp3) is 0.364. The number of anilines is 1. The molecule has 0 spiro atoms. The van der Waals surface area contributed by atoms with Crippen molar-refractivity contribution in [3.63, 3.8) is 0 Å². The van der Waals surface area contributed by atoms with Gasteiger partial charge in [0.05, 0.1) is 6.07 Å². The summed E-state index contributed by atoms with van der Waals surface area (Å²) in [4.78, 5) is 2.03. The average Bonchev–Trinajstić information content (AvgIpc) is 2.20. The van der Waals surface area contributed by atoms with Gasteiger partial charge in [-0.25, -0.2) is 0 Å². The van der Waals surface area contributed by atoms with Crippen LogP contribution in [0.3, 0.4) is 0 Å². The first kappa shape index (κ1) is 10.6. The van der Waals surface area contributed by atoms with Crippen LogP contribution in [0.25, 0.3) is 0 Å². The molecule has 0 heterocycles. The lowest BCUT2D eigenvalue weighted by Gasteiger charge is -2.14. The smallest absolute Gasteiger partial charge is 0.121 e. The molecule has 1 unspecified atom stereocenters. The van der Waals surface area contributed by atoms with Gasteiger partial charge in [0.2, 0.25) is 0 Å². The molecule has 3 nitrogen and oxygen atoms in total. The highest BCUT2D eigenvalue weighted by atomic mass is 15.1. The van der Waals surface area contributed by atoms with Crippen LogP contribution < -0.4 is 10.2 Å². The first-order valence-electron chi connectivity index (χ1n) is 4.53. The molecule has 0 aliphatic rings. The first-order valence-corrected chi connectivity index (χ1v) is 4.53. The zero-order valence-corrected chi connectivity index (χ0v) is 8.78. The van der Waals surface area contributed by atoms with Crippen LogP contribution in [0.1, 0.15) is 11.6 Å². The van der Waals surface area contributed by atoms with Crippen LogP contribution in [0.2, 0.25) is 0 Å². The summed E-state index contributed by atoms with van der Waals surface area (Å²) in [5.74, 6) is 0. The van der Waals surface area contributed by atoms with Crippen LogP contribution in [-0.2, 0) is 0 Å². The number of nitriles is 1. The van der Waals surface area contributed by atoms with Gasteiger partial charge in [0.25, 0.3) is 0 Å². The molecule has 1 aromatic rings. The van der Waals surface area contributed by atoms with Gasteiger partial charge in [0, 0.05) is 19.8 Å². The Morgan fingerprint density at radius 2 is 1.86 bits per heavy atom. The number of nitrogens with one attached hydrogen (secondary N) is 1. The van der Waals surface area contributed by atoms with Gasteiger partial charge in [0.1, 0.15) is 6.04 Å². The molecule has 1 atom stereocenters. The van der Waals surface area contributed by atoms with E-state index in [1.807, 2.05) is 43.3 Å². The number of benzene rings is 1. The second kappa shape index (κ2) is 4.64. The molecular weight excluding hydrogens is 174 g/mol. The minimum atomic E-state index is -0.216. The Morgan fingerprint density at radius 3 is 2.21 bits per heavy atom. The lowest BCUT2D eigenvalue weighted by Crippen LogP contribution is -2.14. The number of nitrogens with zero attached hydrogens (tertiary/aromatic N) is 2. The van der Waals surface area contributed by atoms with E-state index in [-0.39, 0.29) is 6.04 Å². The van der Waals surface area contributed by atoms with Crippen LogP contribution in [0.15, 0.2) is 24.3 Å². The highest BCUT2D eigenvalue weighted by molar-refractivity contribution is 5.47. The van der Waals surface area contributed by atoms with E-state index in [0.29, 0.717) is 0 Å². The summed E-state index contributed by atoms with van der Waals surface area (Å²) in [7, 11) is 5.78. The summed E-state index contributed by atoms with van der Waals surface area (Å²) < 4.78 is 0. The van der Waals surface area contributed by atoms with Crippen molar-refractivity contribution in [3.05, 3.63) is 29.8 Å². The Hall–Kier alpha value is -1.53. The number of rotatable bonds is 3. The fourth-order valence-electron chi connectivity index (χ4n) is 1.27. The standard InChI is InChI=1S/C11H15N3/c1-13-11(8-12)9-4-6-10(7-5-9)14(2)3/h4-7,11,13H,1-3H3. The fourth-order valence-corrected chi connectivity index (χ4v) is 1.27. The SMILES string of the molecule is CNC(C#N)c1ccc(N(C)C)cc1. The Bertz CT molecular complexity index is 321. The molecule has 1 aromatic carbocycles. The topological polar surface area (TPSA) is 39.1 Å². The molecule has 74 valence electrons. The Balaban J connectivity index is 2.88. The predicted molar refractivity (Wildman–Crippen MR) is 58.2 cm³/mol. The molecule has 3 heteroatoms. The summed E-state index contributed by atoms with van der Waals surface area (Å²) in [5.41, 5.74) is 2.14. The van der Waals surface area contributed by atoms with Crippen molar-refractivity contribution in [2.24, 2.45) is 0 Å². The summed E-state index contributed by atoms with van der Waals surface area (Å²) in [6.45, 7) is 0. The summed E-state index contributed by atoms with van der Waals surface area (Å²) in [6, 6.07) is 9.94. The van der Waals surface area contributed by atoms with Gasteiger partial charge in [-0.05, 0) is 24.7 Å². The van der Waals surface area contributed by atoms with Gasteiger partial charge in [-0.2, -0.15) is 5.26 Å². The van der Waals surface area contributed by atoms with Crippen LogP contribution in [0, 0.1) is 11.3 Å². The lowest BCUT2D eigenvalue weighted by atomic mass is 10.1. The molecular formula is C11H15N3. The number of hydrogen-bond donors (Lipinski definition) is 1. The van der Waals surface area contributed by atoms with Crippen molar-refractivity contribution >= 4 is 5.69 Å². The van der Waals surface area contributed by atoms with Gasteiger partial charge in [0.15, 0.2) is 0 Å². The monoisotopic (exact) mass is 189 g/mol. The molecule has 0 amide bonds. The summed E-state index contributed by atoms with van der Waals surface area (Å²) in [6.07, 6.45) is 0. The second-order valence-electron chi connectivity index (χ2n) is 3.34. The normalized spacial score (nSPS) is 11.9. The molecule has 0 saturated carbocycles. The first-order chi connectivity index (χ1) is 6.69. The van der Waals surface area contributed by atoms with Crippen LogP contribution in [0.5, 0.6) is 0 Å². The molecule has 0 aromatic heterocycles. The van der Waals surface area contributed by atoms with E-state index in [0.717, 1.165) is 11.3 Å². The van der Waals surface area contributed by atoms with Crippen molar-refractivity contribution < 1.29 is 0 Å². The quantitative estimate of drug-likeness (QED) is 0.784. The van der Waals surface area contributed by atoms with Crippen molar-refractivity contribution in [1.82, 2.24) is 5.32 Å². The molecule has 0 aliphatic heterocycles. The molecule has 0 aliphatic carbocycles. The molecule has 0 fully saturated rings. The van der Waals surface area contributed by atoms with E-state index in [9.17, 15) is 0 Å². The highest BCUT2D eigenvalue weighted by Crippen LogP contribution is 2.16. The van der Waals surface area contributed by atoms with Crippen molar-refractivity contribution in [2.45, 2.75) is 6.04 Å². The largest absolute Gasteiger partial charge is 0.378 e. The van der Waals surface area contributed by atoms with E-state index in [1.54, 1.807) is 7.05 Å². The summed E-state index contributed by atoms with van der Waals surface area (Å²) in [5, 5.41) is 11.8. The molecule has 1 rings (SSSR count). The van der Waals surface area contributed by atoms with Crippen molar-refractivity contribution in [2.75, 3.05) is 26.0 Å². The van der Waals surface area contributed by atoms with Gasteiger partial charge in [-0.3, -0.25) is 0 Å². The van der Waals surface area contributed by atoms with E-state index in [2.05, 4.69) is 11.4 Å². The van der Waals surface area contributed by atoms with Gasteiger partial charge < -0.3 is 10.2 Å². The van der Waals surface area contributed by atoms with Crippen molar-refractivity contribution in [1.29, 1.82) is 5.26 Å². The minimum Gasteiger partial charge on any atom is -0.378 e. The maximum Gasteiger partial charge on any atom is 0.121 e. The van der Waals surface area contributed by atoms with Crippen LogP contribution >= 0.6 is 0 Å². The van der Waals surface area contributed by atoms with Crippen molar-refractivity contribution in [3.8, 4) is 6.07 Å². The minimum absolute atomic E-state index is 0.216. The Morgan fingerprint density at radius 1 is 1.29 bits per heavy atom. The number of hydrogen-bond acceptors (Lipinski definition) is 3. The van der Waals surface area contributed by atoms with E-state index in [4.69, 9.17) is 5.26 Å². The van der Waals surface area contributed by atoms with Gasteiger partial charge in [-0.1, -0.05) is 12.1 Å². The third kappa shape index (κ3) is 2.24. The average molecular weight is 189 g/mol. The van der Waals surface area contributed by atoms with E-state index in [1.165, 1.54) is 0 Å². The van der Waals surface area contributed by atoms with Crippen LogP contribution in [0.4, 0.5) is 5.69 Å². The van der Waals surface area contributed by atoms with E-state index >= 15 is 0 Å². The lowest BCUT2D eigenvalue weighted by molar-refractivity contribution is 0.727. The Kier molecular flexibility index (Phi) is 3.49. The third-order valence-electron chi connectivity index (χ3n) is 2.16. The molecule has 0 bridgehead atoms. The Labute approximate surface area is 85.0 Å².